The minimum Gasteiger partial charge on any atom is -0.332 e. The van der Waals surface area contributed by atoms with Crippen LogP contribution >= 0.6 is 11.6 Å². The molecule has 2 aliphatic heterocycles. The van der Waals surface area contributed by atoms with Crippen LogP contribution in [0.2, 0.25) is 5.02 Å². The molecule has 7 nitrogen and oxygen atoms in total. The van der Waals surface area contributed by atoms with Gasteiger partial charge in [0.2, 0.25) is 5.91 Å². The third-order valence-electron chi connectivity index (χ3n) is 4.86. The summed E-state index contributed by atoms with van der Waals surface area (Å²) in [6, 6.07) is 4.39. The van der Waals surface area contributed by atoms with Crippen LogP contribution < -0.4 is 16.0 Å². The van der Waals surface area contributed by atoms with E-state index in [0.717, 1.165) is 5.56 Å². The van der Waals surface area contributed by atoms with E-state index >= 15 is 0 Å². The minimum absolute atomic E-state index is 0.0204. The number of sulfone groups is 1. The Morgan fingerprint density at radius 2 is 2.08 bits per heavy atom. The topological polar surface area (TPSA) is 104 Å². The van der Waals surface area contributed by atoms with E-state index in [1.54, 1.807) is 12.1 Å². The molecular formula is C17H22ClN3O4S. The van der Waals surface area contributed by atoms with Crippen LogP contribution in [0.4, 0.5) is 10.5 Å². The highest BCUT2D eigenvalue weighted by Gasteiger charge is 2.51. The van der Waals surface area contributed by atoms with Crippen molar-refractivity contribution in [2.24, 2.45) is 0 Å². The van der Waals surface area contributed by atoms with Gasteiger partial charge in [0.1, 0.15) is 0 Å². The molecule has 9 heteroatoms. The number of unbranched alkanes of at least 4 members (excludes halogenated alkanes) is 1. The Morgan fingerprint density at radius 1 is 1.31 bits per heavy atom. The van der Waals surface area contributed by atoms with Crippen LogP contribution in [-0.4, -0.2) is 43.4 Å². The molecule has 2 fully saturated rings. The zero-order chi connectivity index (χ0) is 18.9. The molecule has 0 aromatic heterocycles. The van der Waals surface area contributed by atoms with Gasteiger partial charge in [-0.25, -0.2) is 13.2 Å². The molecule has 142 valence electrons. The second-order valence-corrected chi connectivity index (χ2v) is 9.57. The van der Waals surface area contributed by atoms with Crippen LogP contribution in [0, 0.1) is 6.92 Å². The predicted molar refractivity (Wildman–Crippen MR) is 100 cm³/mol. The molecule has 26 heavy (non-hydrogen) atoms. The van der Waals surface area contributed by atoms with Crippen molar-refractivity contribution in [2.45, 2.75) is 49.9 Å². The molecule has 2 heterocycles. The summed E-state index contributed by atoms with van der Waals surface area (Å²) in [5, 5.41) is 8.01. The molecule has 3 rings (SSSR count). The average Bonchev–Trinajstić information content (AvgIpc) is 2.99. The van der Waals surface area contributed by atoms with Gasteiger partial charge >= 0.3 is 6.03 Å². The second-order valence-electron chi connectivity index (χ2n) is 6.90. The summed E-state index contributed by atoms with van der Waals surface area (Å²) in [4.78, 5) is 23.4. The predicted octanol–water partition coefficient (Wildman–Crippen LogP) is 1.99. The van der Waals surface area contributed by atoms with Crippen LogP contribution in [0.5, 0.6) is 0 Å². The van der Waals surface area contributed by atoms with Gasteiger partial charge in [-0.05, 0) is 37.5 Å². The molecule has 0 unspecified atom stereocenters. The lowest BCUT2D eigenvalue weighted by Gasteiger charge is -2.16. The molecule has 0 spiro atoms. The number of anilines is 1. The lowest BCUT2D eigenvalue weighted by molar-refractivity contribution is -0.116. The molecule has 2 aliphatic rings. The van der Waals surface area contributed by atoms with Crippen molar-refractivity contribution in [3.63, 3.8) is 0 Å². The first kappa shape index (κ1) is 19.0. The summed E-state index contributed by atoms with van der Waals surface area (Å²) in [6.45, 7) is 1.92. The summed E-state index contributed by atoms with van der Waals surface area (Å²) in [5.41, 5.74) is 1.58. The monoisotopic (exact) mass is 399 g/mol. The number of benzene rings is 1. The largest absolute Gasteiger partial charge is 0.332 e. The second kappa shape index (κ2) is 7.44. The smallest absolute Gasteiger partial charge is 0.315 e. The Kier molecular flexibility index (Phi) is 5.43. The van der Waals surface area contributed by atoms with Crippen LogP contribution in [0.25, 0.3) is 0 Å². The van der Waals surface area contributed by atoms with Crippen molar-refractivity contribution in [1.82, 2.24) is 10.6 Å². The third-order valence-corrected chi connectivity index (χ3v) is 7.45. The Morgan fingerprint density at radius 3 is 2.81 bits per heavy atom. The van der Waals surface area contributed by atoms with Crippen LogP contribution in [-0.2, 0) is 14.6 Å². The van der Waals surface area contributed by atoms with E-state index in [-0.39, 0.29) is 36.2 Å². The van der Waals surface area contributed by atoms with E-state index in [4.69, 9.17) is 11.6 Å². The van der Waals surface area contributed by atoms with Gasteiger partial charge in [-0.3, -0.25) is 4.79 Å². The molecule has 3 atom stereocenters. The first-order valence-electron chi connectivity index (χ1n) is 8.61. The number of hydrogen-bond donors (Lipinski definition) is 3. The number of amides is 3. The number of urea groups is 1. The summed E-state index contributed by atoms with van der Waals surface area (Å²) in [5.74, 6) is -0.174. The van der Waals surface area contributed by atoms with Crippen molar-refractivity contribution in [2.75, 3.05) is 11.1 Å². The van der Waals surface area contributed by atoms with Crippen LogP contribution in [0.3, 0.4) is 0 Å². The Hall–Kier alpha value is -1.80. The highest BCUT2D eigenvalue weighted by molar-refractivity contribution is 7.92. The van der Waals surface area contributed by atoms with Gasteiger partial charge in [0.25, 0.3) is 0 Å². The molecule has 3 N–H and O–H groups in total. The first-order chi connectivity index (χ1) is 12.3. The highest BCUT2D eigenvalue weighted by atomic mass is 35.5. The molecule has 0 radical (unpaired) electrons. The van der Waals surface area contributed by atoms with Gasteiger partial charge in [0.05, 0.1) is 33.8 Å². The number of rotatable bonds is 6. The van der Waals surface area contributed by atoms with Crippen molar-refractivity contribution in [3.8, 4) is 0 Å². The molecular weight excluding hydrogens is 378 g/mol. The van der Waals surface area contributed by atoms with E-state index < -0.39 is 15.1 Å². The van der Waals surface area contributed by atoms with E-state index in [9.17, 15) is 18.0 Å². The third kappa shape index (κ3) is 4.12. The van der Waals surface area contributed by atoms with Gasteiger partial charge in [-0.2, -0.15) is 0 Å². The molecule has 0 saturated carbocycles. The number of fused-ring (bicyclic) bond motifs is 1. The average molecular weight is 400 g/mol. The first-order valence-corrected chi connectivity index (χ1v) is 10.7. The maximum Gasteiger partial charge on any atom is 0.315 e. The Labute approximate surface area is 157 Å². The maximum atomic E-state index is 12.2. The molecule has 0 bridgehead atoms. The number of carbonyl (C=O) groups is 2. The number of halogens is 1. The minimum atomic E-state index is -3.22. The quantitative estimate of drug-likeness (QED) is 0.502. The SMILES string of the molecule is Cc1ccc(NC(=O)CCCC[C@@H]2[C@H]3NC(=O)N[C@@H]3CS2(=O)=O)c(Cl)c1. The van der Waals surface area contributed by atoms with E-state index in [1.807, 2.05) is 13.0 Å². The summed E-state index contributed by atoms with van der Waals surface area (Å²) in [7, 11) is -3.22. The van der Waals surface area contributed by atoms with Gasteiger partial charge in [0.15, 0.2) is 9.84 Å². The number of nitrogens with one attached hydrogen (secondary N) is 3. The van der Waals surface area contributed by atoms with Gasteiger partial charge in [-0.1, -0.05) is 24.1 Å². The van der Waals surface area contributed by atoms with Crippen LogP contribution in [0.1, 0.15) is 31.2 Å². The zero-order valence-corrected chi connectivity index (χ0v) is 16.0. The van der Waals surface area contributed by atoms with Crippen molar-refractivity contribution in [3.05, 3.63) is 28.8 Å². The van der Waals surface area contributed by atoms with Crippen molar-refractivity contribution in [1.29, 1.82) is 0 Å². The summed E-state index contributed by atoms with van der Waals surface area (Å²) in [6.07, 6.45) is 1.89. The fraction of sp³-hybridized carbons (Fsp3) is 0.529. The van der Waals surface area contributed by atoms with Crippen molar-refractivity contribution >= 4 is 39.1 Å². The lowest BCUT2D eigenvalue weighted by Crippen LogP contribution is -2.39. The number of hydrogen-bond acceptors (Lipinski definition) is 4. The summed E-state index contributed by atoms with van der Waals surface area (Å²) < 4.78 is 24.5. The Bertz CT molecular complexity index is 827. The molecule has 1 aromatic rings. The van der Waals surface area contributed by atoms with E-state index in [2.05, 4.69) is 16.0 Å². The lowest BCUT2D eigenvalue weighted by atomic mass is 10.0. The summed E-state index contributed by atoms with van der Waals surface area (Å²) >= 11 is 6.09. The van der Waals surface area contributed by atoms with Gasteiger partial charge in [0, 0.05) is 6.42 Å². The number of carbonyl (C=O) groups excluding carboxylic acids is 2. The van der Waals surface area contributed by atoms with Crippen molar-refractivity contribution < 1.29 is 18.0 Å². The fourth-order valence-corrected chi connectivity index (χ4v) is 6.12. The fourth-order valence-electron chi connectivity index (χ4n) is 3.57. The van der Waals surface area contributed by atoms with Crippen LogP contribution in [0.15, 0.2) is 18.2 Å². The standard InChI is InChI=1S/C17H22ClN3O4S/c1-10-6-7-12(11(18)8-10)19-15(22)5-3-2-4-14-16-13(9-26(14,24)25)20-17(23)21-16/h6-8,13-14,16H,2-5,9H2,1H3,(H,19,22)(H2,20,21,23)/t13-,14-,16+/m1/s1. The Balaban J connectivity index is 1.46. The highest BCUT2D eigenvalue weighted by Crippen LogP contribution is 2.28. The normalized spacial score (nSPS) is 26.1. The molecule has 3 amide bonds. The van der Waals surface area contributed by atoms with E-state index in [1.165, 1.54) is 0 Å². The van der Waals surface area contributed by atoms with E-state index in [0.29, 0.717) is 30.0 Å². The van der Waals surface area contributed by atoms with Gasteiger partial charge in [-0.15, -0.1) is 0 Å². The maximum absolute atomic E-state index is 12.2. The zero-order valence-electron chi connectivity index (χ0n) is 14.4. The number of aryl methyl sites for hydroxylation is 1. The van der Waals surface area contributed by atoms with Gasteiger partial charge < -0.3 is 16.0 Å². The molecule has 2 saturated heterocycles. The molecule has 1 aromatic carbocycles. The molecule has 0 aliphatic carbocycles.